The molecule has 1 aliphatic rings. The Morgan fingerprint density at radius 3 is 1.77 bits per heavy atom. The van der Waals surface area contributed by atoms with Crippen molar-refractivity contribution >= 4 is 21.5 Å². The molecule has 0 spiro atoms. The van der Waals surface area contributed by atoms with Crippen LogP contribution in [-0.2, 0) is 5.41 Å². The van der Waals surface area contributed by atoms with Gasteiger partial charge in [-0.25, -0.2) is 0 Å². The molecule has 7 rings (SSSR count). The largest absolute Gasteiger partial charge is 0.0622 e. The maximum absolute atomic E-state index is 2.45. The molecule has 0 fully saturated rings. The van der Waals surface area contributed by atoms with Gasteiger partial charge in [-0.2, -0.15) is 0 Å². The molecule has 166 valence electrons. The fraction of sp³-hybridized carbons (Fsp3) is 0.0857. The van der Waals surface area contributed by atoms with E-state index in [1.54, 1.807) is 0 Å². The van der Waals surface area contributed by atoms with Gasteiger partial charge in [0.2, 0.25) is 0 Å². The molecule has 6 aromatic carbocycles. The molecular formula is C35H26. The highest BCUT2D eigenvalue weighted by Crippen LogP contribution is 2.50. The average Bonchev–Trinajstić information content (AvgIpc) is 3.14. The molecule has 0 amide bonds. The van der Waals surface area contributed by atoms with E-state index in [2.05, 4.69) is 135 Å². The monoisotopic (exact) mass is 446 g/mol. The summed E-state index contributed by atoms with van der Waals surface area (Å²) in [5.41, 5.74) is 10.6. The number of benzene rings is 6. The Morgan fingerprint density at radius 1 is 0.400 bits per heavy atom. The van der Waals surface area contributed by atoms with Crippen molar-refractivity contribution in [2.24, 2.45) is 0 Å². The minimum atomic E-state index is 0.00710. The summed E-state index contributed by atoms with van der Waals surface area (Å²) in [7, 11) is 0. The topological polar surface area (TPSA) is 0 Å². The van der Waals surface area contributed by atoms with Crippen molar-refractivity contribution < 1.29 is 0 Å². The highest BCUT2D eigenvalue weighted by atomic mass is 14.4. The lowest BCUT2D eigenvalue weighted by atomic mass is 9.81. The van der Waals surface area contributed by atoms with Gasteiger partial charge in [0.15, 0.2) is 0 Å². The van der Waals surface area contributed by atoms with Crippen molar-refractivity contribution in [1.82, 2.24) is 0 Å². The highest BCUT2D eigenvalue weighted by Gasteiger charge is 2.35. The van der Waals surface area contributed by atoms with E-state index < -0.39 is 0 Å². The van der Waals surface area contributed by atoms with Crippen molar-refractivity contribution in [3.63, 3.8) is 0 Å². The van der Waals surface area contributed by atoms with E-state index in [1.807, 2.05) is 0 Å². The van der Waals surface area contributed by atoms with E-state index in [9.17, 15) is 0 Å². The van der Waals surface area contributed by atoms with Crippen LogP contribution in [0.1, 0.15) is 25.0 Å². The summed E-state index contributed by atoms with van der Waals surface area (Å²) < 4.78 is 0. The number of fused-ring (bicyclic) bond motifs is 6. The second-order valence-electron chi connectivity index (χ2n) is 10.2. The highest BCUT2D eigenvalue weighted by molar-refractivity contribution is 6.10. The van der Waals surface area contributed by atoms with Gasteiger partial charge in [-0.3, -0.25) is 0 Å². The van der Waals surface area contributed by atoms with Gasteiger partial charge >= 0.3 is 0 Å². The standard InChI is InChI=1S/C35H26/c1-35(2)33-11-7-6-10-29(33)32-21-28-19-17-26-16-18-27(20-30(26)31(28)22-34(32)35)25-14-12-24(13-15-25)23-8-4-3-5-9-23/h3-22H,1-2H3. The third kappa shape index (κ3) is 3.07. The molecule has 0 aromatic heterocycles. The minimum absolute atomic E-state index is 0.00710. The van der Waals surface area contributed by atoms with Crippen LogP contribution in [-0.4, -0.2) is 0 Å². The summed E-state index contributed by atoms with van der Waals surface area (Å²) in [5.74, 6) is 0. The number of rotatable bonds is 2. The molecule has 0 unspecified atom stereocenters. The van der Waals surface area contributed by atoms with E-state index in [1.165, 1.54) is 66.1 Å². The van der Waals surface area contributed by atoms with Crippen LogP contribution in [0.2, 0.25) is 0 Å². The van der Waals surface area contributed by atoms with Crippen LogP contribution in [0.4, 0.5) is 0 Å². The zero-order valence-electron chi connectivity index (χ0n) is 20.0. The molecule has 0 nitrogen and oxygen atoms in total. The van der Waals surface area contributed by atoms with Crippen LogP contribution in [0.3, 0.4) is 0 Å². The van der Waals surface area contributed by atoms with E-state index in [-0.39, 0.29) is 5.41 Å². The molecule has 0 N–H and O–H groups in total. The van der Waals surface area contributed by atoms with Crippen molar-refractivity contribution in [3.8, 4) is 33.4 Å². The second kappa shape index (κ2) is 7.42. The van der Waals surface area contributed by atoms with Gasteiger partial charge in [-0.15, -0.1) is 0 Å². The third-order valence-corrected chi connectivity index (χ3v) is 7.86. The van der Waals surface area contributed by atoms with Gasteiger partial charge in [0, 0.05) is 5.41 Å². The van der Waals surface area contributed by atoms with Crippen LogP contribution < -0.4 is 0 Å². The van der Waals surface area contributed by atoms with Crippen LogP contribution in [0.15, 0.2) is 121 Å². The molecule has 0 saturated heterocycles. The van der Waals surface area contributed by atoms with Crippen molar-refractivity contribution in [2.45, 2.75) is 19.3 Å². The first-order chi connectivity index (χ1) is 17.1. The first kappa shape index (κ1) is 20.2. The summed E-state index contributed by atoms with van der Waals surface area (Å²) in [4.78, 5) is 0. The molecule has 35 heavy (non-hydrogen) atoms. The Hall–Kier alpha value is -4.16. The average molecular weight is 447 g/mol. The molecule has 1 aliphatic carbocycles. The Balaban J connectivity index is 1.38. The van der Waals surface area contributed by atoms with Gasteiger partial charge in [-0.1, -0.05) is 117 Å². The molecule has 0 radical (unpaired) electrons. The van der Waals surface area contributed by atoms with Crippen LogP contribution in [0, 0.1) is 0 Å². The Morgan fingerprint density at radius 2 is 0.971 bits per heavy atom. The lowest BCUT2D eigenvalue weighted by Gasteiger charge is -2.22. The summed E-state index contributed by atoms with van der Waals surface area (Å²) in [5, 5.41) is 5.25. The Labute approximate surface area is 206 Å². The van der Waals surface area contributed by atoms with E-state index in [0.29, 0.717) is 0 Å². The SMILES string of the molecule is CC1(C)c2ccccc2-c2cc3ccc4ccc(-c5ccc(-c6ccccc6)cc5)cc4c3cc21. The Bertz CT molecular complexity index is 1740. The molecule has 0 heteroatoms. The van der Waals surface area contributed by atoms with Gasteiger partial charge in [0.05, 0.1) is 0 Å². The maximum atomic E-state index is 2.45. The molecule has 0 heterocycles. The lowest BCUT2D eigenvalue weighted by molar-refractivity contribution is 0.661. The summed E-state index contributed by atoms with van der Waals surface area (Å²) >= 11 is 0. The van der Waals surface area contributed by atoms with E-state index >= 15 is 0 Å². The molecular weight excluding hydrogens is 420 g/mol. The Kier molecular flexibility index (Phi) is 4.29. The number of hydrogen-bond acceptors (Lipinski definition) is 0. The fourth-order valence-corrected chi connectivity index (χ4v) is 5.92. The van der Waals surface area contributed by atoms with Crippen molar-refractivity contribution in [1.29, 1.82) is 0 Å². The maximum Gasteiger partial charge on any atom is 0.0159 e. The molecule has 0 atom stereocenters. The third-order valence-electron chi connectivity index (χ3n) is 7.86. The normalized spacial score (nSPS) is 13.7. The van der Waals surface area contributed by atoms with Crippen LogP contribution in [0.5, 0.6) is 0 Å². The smallest absolute Gasteiger partial charge is 0.0159 e. The predicted octanol–water partition coefficient (Wildman–Crippen LogP) is 9.63. The predicted molar refractivity (Wildman–Crippen MR) is 150 cm³/mol. The molecule has 6 aromatic rings. The first-order valence-corrected chi connectivity index (χ1v) is 12.4. The molecule has 0 bridgehead atoms. The quantitative estimate of drug-likeness (QED) is 0.232. The number of hydrogen-bond donors (Lipinski definition) is 0. The first-order valence-electron chi connectivity index (χ1n) is 12.4. The summed E-state index contributed by atoms with van der Waals surface area (Å²) in [6.45, 7) is 4.71. The van der Waals surface area contributed by atoms with Gasteiger partial charge in [0.25, 0.3) is 0 Å². The second-order valence-corrected chi connectivity index (χ2v) is 10.2. The van der Waals surface area contributed by atoms with Crippen LogP contribution >= 0.6 is 0 Å². The lowest BCUT2D eigenvalue weighted by Crippen LogP contribution is -2.14. The van der Waals surface area contributed by atoms with Crippen LogP contribution in [0.25, 0.3) is 54.9 Å². The summed E-state index contributed by atoms with van der Waals surface area (Å²) in [6.07, 6.45) is 0. The van der Waals surface area contributed by atoms with Gasteiger partial charge in [-0.05, 0) is 84.3 Å². The van der Waals surface area contributed by atoms with E-state index in [4.69, 9.17) is 0 Å². The zero-order valence-corrected chi connectivity index (χ0v) is 20.0. The molecule has 0 aliphatic heterocycles. The van der Waals surface area contributed by atoms with E-state index in [0.717, 1.165) is 0 Å². The minimum Gasteiger partial charge on any atom is -0.0622 e. The summed E-state index contributed by atoms with van der Waals surface area (Å²) in [6, 6.07) is 44.7. The van der Waals surface area contributed by atoms with Crippen molar-refractivity contribution in [3.05, 3.63) is 132 Å². The fourth-order valence-electron chi connectivity index (χ4n) is 5.92. The van der Waals surface area contributed by atoms with Gasteiger partial charge < -0.3 is 0 Å². The van der Waals surface area contributed by atoms with Gasteiger partial charge in [0.1, 0.15) is 0 Å². The zero-order chi connectivity index (χ0) is 23.6. The molecule has 0 saturated carbocycles. The van der Waals surface area contributed by atoms with Crippen molar-refractivity contribution in [2.75, 3.05) is 0 Å².